The van der Waals surface area contributed by atoms with E-state index in [-0.39, 0.29) is 12.0 Å². The maximum Gasteiger partial charge on any atom is 0.253 e. The molecule has 0 aromatic carbocycles. The molecule has 2 saturated heterocycles. The fraction of sp³-hybridized carbons (Fsp3) is 0.714. The normalized spacial score (nSPS) is 24.2. The molecule has 6 nitrogen and oxygen atoms in total. The van der Waals surface area contributed by atoms with E-state index < -0.39 is 0 Å². The van der Waals surface area contributed by atoms with Crippen molar-refractivity contribution in [1.29, 1.82) is 0 Å². The molecule has 1 aromatic heterocycles. The lowest BCUT2D eigenvalue weighted by atomic mass is 10.2. The predicted molar refractivity (Wildman–Crippen MR) is 81.3 cm³/mol. The number of morpholine rings is 1. The lowest BCUT2D eigenvalue weighted by Crippen LogP contribution is -2.54. The Bertz CT molecular complexity index is 479. The number of rotatable bonds is 3. The second-order valence-electron chi connectivity index (χ2n) is 5.51. The number of hydrogen-bond acceptors (Lipinski definition) is 6. The first-order valence-electron chi connectivity index (χ1n) is 7.47. The molecule has 7 heteroatoms. The zero-order valence-electron chi connectivity index (χ0n) is 12.4. The summed E-state index contributed by atoms with van der Waals surface area (Å²) < 4.78 is 5.54. The summed E-state index contributed by atoms with van der Waals surface area (Å²) in [5.41, 5.74) is 0. The van der Waals surface area contributed by atoms with Crippen LogP contribution in [0.3, 0.4) is 0 Å². The van der Waals surface area contributed by atoms with Crippen LogP contribution in [0, 0.1) is 6.92 Å². The summed E-state index contributed by atoms with van der Waals surface area (Å²) in [4.78, 5) is 22.3. The number of thiazole rings is 1. The molecule has 0 bridgehead atoms. The van der Waals surface area contributed by atoms with Crippen molar-refractivity contribution in [3.05, 3.63) is 16.1 Å². The number of piperazine rings is 1. The van der Waals surface area contributed by atoms with Crippen LogP contribution in [0.2, 0.25) is 0 Å². The van der Waals surface area contributed by atoms with Crippen LogP contribution in [0.25, 0.3) is 0 Å². The van der Waals surface area contributed by atoms with E-state index >= 15 is 0 Å². The average Bonchev–Trinajstić information content (AvgIpc) is 2.93. The van der Waals surface area contributed by atoms with Crippen molar-refractivity contribution in [1.82, 2.24) is 20.1 Å². The molecular weight excluding hydrogens is 288 g/mol. The van der Waals surface area contributed by atoms with Gasteiger partial charge in [0.05, 0.1) is 11.6 Å². The van der Waals surface area contributed by atoms with Crippen LogP contribution >= 0.6 is 11.3 Å². The first kappa shape index (κ1) is 14.9. The third kappa shape index (κ3) is 3.79. The molecule has 2 aliphatic rings. The molecule has 2 aliphatic heterocycles. The molecule has 0 spiro atoms. The maximum absolute atomic E-state index is 12.4. The number of nitrogens with one attached hydrogen (secondary N) is 1. The molecule has 1 atom stereocenters. The molecule has 21 heavy (non-hydrogen) atoms. The fourth-order valence-corrected chi connectivity index (χ4v) is 3.59. The Morgan fingerprint density at radius 3 is 2.90 bits per heavy atom. The Hall–Kier alpha value is -1.02. The topological polar surface area (TPSA) is 57.7 Å². The van der Waals surface area contributed by atoms with Crippen molar-refractivity contribution in [2.75, 3.05) is 45.9 Å². The van der Waals surface area contributed by atoms with E-state index in [2.05, 4.69) is 15.2 Å². The molecule has 1 N–H and O–H groups in total. The Kier molecular flexibility index (Phi) is 4.84. The standard InChI is InChI=1S/C14H22N4O2S/c1-11-16-8-12(21-11)10-17-3-5-18(6-4-17)14(19)13-9-15-2-7-20-13/h8,13,15H,2-7,9-10H2,1H3. The van der Waals surface area contributed by atoms with Crippen LogP contribution in [-0.2, 0) is 16.1 Å². The Balaban J connectivity index is 1.47. The van der Waals surface area contributed by atoms with Gasteiger partial charge in [-0.05, 0) is 6.92 Å². The van der Waals surface area contributed by atoms with Gasteiger partial charge in [0.25, 0.3) is 5.91 Å². The molecule has 1 amide bonds. The third-order valence-corrected chi connectivity index (χ3v) is 4.83. The van der Waals surface area contributed by atoms with E-state index in [4.69, 9.17) is 4.74 Å². The molecular formula is C14H22N4O2S. The highest BCUT2D eigenvalue weighted by Crippen LogP contribution is 2.16. The predicted octanol–water partition coefficient (Wildman–Crippen LogP) is 0.0841. The SMILES string of the molecule is Cc1ncc(CN2CCN(C(=O)C3CNCCO3)CC2)s1. The van der Waals surface area contributed by atoms with E-state index in [0.29, 0.717) is 13.2 Å². The summed E-state index contributed by atoms with van der Waals surface area (Å²) in [6, 6.07) is 0. The number of amides is 1. The lowest BCUT2D eigenvalue weighted by molar-refractivity contribution is -0.147. The number of aromatic nitrogens is 1. The van der Waals surface area contributed by atoms with Gasteiger partial charge in [0.15, 0.2) is 0 Å². The molecule has 3 rings (SSSR count). The number of ether oxygens (including phenoxy) is 1. The number of carbonyl (C=O) groups is 1. The third-order valence-electron chi connectivity index (χ3n) is 3.94. The molecule has 2 fully saturated rings. The highest BCUT2D eigenvalue weighted by molar-refractivity contribution is 7.11. The maximum atomic E-state index is 12.4. The van der Waals surface area contributed by atoms with Crippen LogP contribution < -0.4 is 5.32 Å². The van der Waals surface area contributed by atoms with Crippen LogP contribution in [0.1, 0.15) is 9.88 Å². The lowest BCUT2D eigenvalue weighted by Gasteiger charge is -2.36. The van der Waals surface area contributed by atoms with E-state index in [1.165, 1.54) is 4.88 Å². The molecule has 1 unspecified atom stereocenters. The molecule has 116 valence electrons. The van der Waals surface area contributed by atoms with Gasteiger partial charge < -0.3 is 15.0 Å². The summed E-state index contributed by atoms with van der Waals surface area (Å²) in [7, 11) is 0. The molecule has 0 radical (unpaired) electrons. The van der Waals surface area contributed by atoms with Crippen molar-refractivity contribution >= 4 is 17.2 Å². The molecule has 0 saturated carbocycles. The van der Waals surface area contributed by atoms with Crippen LogP contribution in [-0.4, -0.2) is 72.7 Å². The van der Waals surface area contributed by atoms with Gasteiger partial charge in [-0.2, -0.15) is 0 Å². The van der Waals surface area contributed by atoms with Crippen LogP contribution in [0.5, 0.6) is 0 Å². The minimum atomic E-state index is -0.297. The summed E-state index contributed by atoms with van der Waals surface area (Å²) in [5, 5.41) is 4.32. The highest BCUT2D eigenvalue weighted by Gasteiger charge is 2.29. The zero-order valence-corrected chi connectivity index (χ0v) is 13.2. The van der Waals surface area contributed by atoms with Gasteiger partial charge in [-0.1, -0.05) is 0 Å². The fourth-order valence-electron chi connectivity index (χ4n) is 2.75. The van der Waals surface area contributed by atoms with Crippen molar-refractivity contribution < 1.29 is 9.53 Å². The number of aryl methyl sites for hydroxylation is 1. The molecule has 1 aromatic rings. The summed E-state index contributed by atoms with van der Waals surface area (Å²) in [6.45, 7) is 8.49. The van der Waals surface area contributed by atoms with Crippen molar-refractivity contribution in [3.8, 4) is 0 Å². The second-order valence-corrected chi connectivity index (χ2v) is 6.83. The Morgan fingerprint density at radius 2 is 2.29 bits per heavy atom. The summed E-state index contributed by atoms with van der Waals surface area (Å²) in [6.07, 6.45) is 1.66. The van der Waals surface area contributed by atoms with E-state index in [1.54, 1.807) is 11.3 Å². The van der Waals surface area contributed by atoms with Gasteiger partial charge in [0.2, 0.25) is 0 Å². The minimum Gasteiger partial charge on any atom is -0.366 e. The molecule has 3 heterocycles. The van der Waals surface area contributed by atoms with E-state index in [1.807, 2.05) is 18.0 Å². The summed E-state index contributed by atoms with van der Waals surface area (Å²) >= 11 is 1.75. The minimum absolute atomic E-state index is 0.135. The van der Waals surface area contributed by atoms with Gasteiger partial charge in [-0.3, -0.25) is 9.69 Å². The zero-order chi connectivity index (χ0) is 14.7. The van der Waals surface area contributed by atoms with Crippen molar-refractivity contribution in [3.63, 3.8) is 0 Å². The van der Waals surface area contributed by atoms with Gasteiger partial charge in [0, 0.05) is 56.9 Å². The highest BCUT2D eigenvalue weighted by atomic mass is 32.1. The Morgan fingerprint density at radius 1 is 1.48 bits per heavy atom. The smallest absolute Gasteiger partial charge is 0.253 e. The van der Waals surface area contributed by atoms with E-state index in [9.17, 15) is 4.79 Å². The Labute approximate surface area is 129 Å². The van der Waals surface area contributed by atoms with Gasteiger partial charge >= 0.3 is 0 Å². The number of nitrogens with zero attached hydrogens (tertiary/aromatic N) is 3. The van der Waals surface area contributed by atoms with Gasteiger partial charge in [-0.25, -0.2) is 4.98 Å². The van der Waals surface area contributed by atoms with Gasteiger partial charge in [0.1, 0.15) is 6.10 Å². The average molecular weight is 310 g/mol. The van der Waals surface area contributed by atoms with Crippen molar-refractivity contribution in [2.45, 2.75) is 19.6 Å². The number of hydrogen-bond donors (Lipinski definition) is 1. The van der Waals surface area contributed by atoms with Crippen molar-refractivity contribution in [2.24, 2.45) is 0 Å². The largest absolute Gasteiger partial charge is 0.366 e. The van der Waals surface area contributed by atoms with Gasteiger partial charge in [-0.15, -0.1) is 11.3 Å². The van der Waals surface area contributed by atoms with E-state index in [0.717, 1.165) is 44.3 Å². The van der Waals surface area contributed by atoms with Crippen LogP contribution in [0.15, 0.2) is 6.20 Å². The monoisotopic (exact) mass is 310 g/mol. The molecule has 0 aliphatic carbocycles. The summed E-state index contributed by atoms with van der Waals surface area (Å²) in [5.74, 6) is 0.135. The second kappa shape index (κ2) is 6.83. The quantitative estimate of drug-likeness (QED) is 0.857. The first-order valence-corrected chi connectivity index (χ1v) is 8.29. The number of carbonyl (C=O) groups excluding carboxylic acids is 1. The van der Waals surface area contributed by atoms with Crippen LogP contribution in [0.4, 0.5) is 0 Å². The first-order chi connectivity index (χ1) is 10.2.